The molecule has 1 fully saturated rings. The Hall–Kier alpha value is -0.0800. The molecular weight excluding hydrogens is 150 g/mol. The van der Waals surface area contributed by atoms with Crippen LogP contribution in [0, 0.1) is 11.3 Å². The van der Waals surface area contributed by atoms with Crippen molar-refractivity contribution in [3.8, 4) is 0 Å². The van der Waals surface area contributed by atoms with Crippen LogP contribution in [0.4, 0.5) is 0 Å². The van der Waals surface area contributed by atoms with Crippen LogP contribution in [0.3, 0.4) is 0 Å². The summed E-state index contributed by atoms with van der Waals surface area (Å²) in [5.74, 6) is 0.793. The second-order valence-corrected chi connectivity index (χ2v) is 3.87. The summed E-state index contributed by atoms with van der Waals surface area (Å²) in [7, 11) is 2.03. The van der Waals surface area contributed by atoms with Crippen molar-refractivity contribution in [2.45, 2.75) is 26.7 Å². The van der Waals surface area contributed by atoms with E-state index < -0.39 is 0 Å². The maximum atomic E-state index is 5.33. The van der Waals surface area contributed by atoms with Crippen LogP contribution >= 0.6 is 0 Å². The van der Waals surface area contributed by atoms with Crippen LogP contribution < -0.4 is 5.32 Å². The molecule has 0 radical (unpaired) electrons. The summed E-state index contributed by atoms with van der Waals surface area (Å²) in [6, 6.07) is 0. The molecule has 1 saturated heterocycles. The minimum absolute atomic E-state index is 0.498. The second-order valence-electron chi connectivity index (χ2n) is 3.87. The highest BCUT2D eigenvalue weighted by Gasteiger charge is 2.42. The highest BCUT2D eigenvalue weighted by atomic mass is 16.5. The molecule has 1 N–H and O–H groups in total. The van der Waals surface area contributed by atoms with Gasteiger partial charge in [0.25, 0.3) is 0 Å². The maximum absolute atomic E-state index is 5.33. The van der Waals surface area contributed by atoms with Crippen molar-refractivity contribution >= 4 is 0 Å². The van der Waals surface area contributed by atoms with Crippen LogP contribution in [-0.2, 0) is 4.74 Å². The zero-order valence-electron chi connectivity index (χ0n) is 8.52. The normalized spacial score (nSPS) is 23.2. The summed E-state index contributed by atoms with van der Waals surface area (Å²) < 4.78 is 5.33. The van der Waals surface area contributed by atoms with Crippen molar-refractivity contribution in [2.75, 3.05) is 26.8 Å². The summed E-state index contributed by atoms with van der Waals surface area (Å²) in [5, 5.41) is 3.27. The van der Waals surface area contributed by atoms with E-state index in [2.05, 4.69) is 19.2 Å². The Morgan fingerprint density at radius 1 is 1.42 bits per heavy atom. The van der Waals surface area contributed by atoms with Gasteiger partial charge in [-0.05, 0) is 25.9 Å². The van der Waals surface area contributed by atoms with E-state index in [1.165, 1.54) is 12.8 Å². The Bertz CT molecular complexity index is 126. The zero-order chi connectivity index (χ0) is 9.03. The van der Waals surface area contributed by atoms with Crippen molar-refractivity contribution < 1.29 is 4.74 Å². The fourth-order valence-electron chi connectivity index (χ4n) is 2.13. The summed E-state index contributed by atoms with van der Waals surface area (Å²) in [4.78, 5) is 0. The SMILES string of the molecule is CCC(CNC)C1(CC)COC1. The summed E-state index contributed by atoms with van der Waals surface area (Å²) in [6.07, 6.45) is 2.52. The van der Waals surface area contributed by atoms with Gasteiger partial charge in [0.1, 0.15) is 0 Å². The molecule has 1 aliphatic heterocycles. The van der Waals surface area contributed by atoms with Gasteiger partial charge in [0.2, 0.25) is 0 Å². The highest BCUT2D eigenvalue weighted by molar-refractivity contribution is 4.90. The number of nitrogens with one attached hydrogen (secondary N) is 1. The van der Waals surface area contributed by atoms with Crippen LogP contribution in [0.15, 0.2) is 0 Å². The predicted molar refractivity (Wildman–Crippen MR) is 51.3 cm³/mol. The number of ether oxygens (including phenoxy) is 1. The average Bonchev–Trinajstić information content (AvgIpc) is 2.02. The van der Waals surface area contributed by atoms with Gasteiger partial charge in [0.05, 0.1) is 13.2 Å². The average molecular weight is 171 g/mol. The summed E-state index contributed by atoms with van der Waals surface area (Å²) in [5.41, 5.74) is 0.498. The number of hydrogen-bond donors (Lipinski definition) is 1. The first-order valence-electron chi connectivity index (χ1n) is 5.01. The maximum Gasteiger partial charge on any atom is 0.0547 e. The van der Waals surface area contributed by atoms with E-state index in [-0.39, 0.29) is 0 Å². The fourth-order valence-corrected chi connectivity index (χ4v) is 2.13. The minimum Gasteiger partial charge on any atom is -0.380 e. The lowest BCUT2D eigenvalue weighted by atomic mass is 9.70. The molecular formula is C10H21NO. The topological polar surface area (TPSA) is 21.3 Å². The summed E-state index contributed by atoms with van der Waals surface area (Å²) in [6.45, 7) is 7.64. The van der Waals surface area contributed by atoms with Gasteiger partial charge in [-0.1, -0.05) is 20.3 Å². The molecule has 1 rings (SSSR count). The van der Waals surface area contributed by atoms with Gasteiger partial charge in [-0.3, -0.25) is 0 Å². The molecule has 1 heterocycles. The Labute approximate surface area is 75.7 Å². The van der Waals surface area contributed by atoms with Gasteiger partial charge >= 0.3 is 0 Å². The smallest absolute Gasteiger partial charge is 0.0547 e. The van der Waals surface area contributed by atoms with Crippen LogP contribution in [0.1, 0.15) is 26.7 Å². The number of hydrogen-bond acceptors (Lipinski definition) is 2. The van der Waals surface area contributed by atoms with E-state index in [0.29, 0.717) is 5.41 Å². The molecule has 1 unspecified atom stereocenters. The third kappa shape index (κ3) is 1.64. The zero-order valence-corrected chi connectivity index (χ0v) is 8.52. The lowest BCUT2D eigenvalue weighted by molar-refractivity contribution is -0.147. The molecule has 0 spiro atoms. The largest absolute Gasteiger partial charge is 0.380 e. The van der Waals surface area contributed by atoms with Crippen molar-refractivity contribution in [2.24, 2.45) is 11.3 Å². The Morgan fingerprint density at radius 2 is 2.08 bits per heavy atom. The quantitative estimate of drug-likeness (QED) is 0.679. The van der Waals surface area contributed by atoms with Gasteiger partial charge in [0, 0.05) is 5.41 Å². The molecule has 0 aromatic heterocycles. The minimum atomic E-state index is 0.498. The van der Waals surface area contributed by atoms with Crippen molar-refractivity contribution in [3.05, 3.63) is 0 Å². The van der Waals surface area contributed by atoms with Crippen molar-refractivity contribution in [3.63, 3.8) is 0 Å². The van der Waals surface area contributed by atoms with E-state index in [0.717, 1.165) is 25.7 Å². The highest BCUT2D eigenvalue weighted by Crippen LogP contribution is 2.40. The Morgan fingerprint density at radius 3 is 2.33 bits per heavy atom. The van der Waals surface area contributed by atoms with Gasteiger partial charge in [-0.25, -0.2) is 0 Å². The molecule has 0 amide bonds. The Kier molecular flexibility index (Phi) is 3.53. The van der Waals surface area contributed by atoms with E-state index in [4.69, 9.17) is 4.74 Å². The van der Waals surface area contributed by atoms with E-state index in [1.807, 2.05) is 7.05 Å². The number of rotatable bonds is 5. The van der Waals surface area contributed by atoms with Crippen LogP contribution in [0.5, 0.6) is 0 Å². The van der Waals surface area contributed by atoms with E-state index >= 15 is 0 Å². The molecule has 72 valence electrons. The first kappa shape index (κ1) is 10.0. The molecule has 0 aromatic carbocycles. The third-order valence-corrected chi connectivity index (χ3v) is 3.29. The molecule has 0 saturated carbocycles. The monoisotopic (exact) mass is 171 g/mol. The first-order chi connectivity index (χ1) is 5.79. The fraction of sp³-hybridized carbons (Fsp3) is 1.00. The van der Waals surface area contributed by atoms with Gasteiger partial charge in [-0.2, -0.15) is 0 Å². The van der Waals surface area contributed by atoms with Crippen LogP contribution in [-0.4, -0.2) is 26.8 Å². The molecule has 2 heteroatoms. The van der Waals surface area contributed by atoms with Crippen molar-refractivity contribution in [1.82, 2.24) is 5.32 Å². The van der Waals surface area contributed by atoms with E-state index in [1.54, 1.807) is 0 Å². The Balaban J connectivity index is 2.49. The molecule has 1 aliphatic rings. The van der Waals surface area contributed by atoms with Crippen LogP contribution in [0.2, 0.25) is 0 Å². The van der Waals surface area contributed by atoms with Crippen LogP contribution in [0.25, 0.3) is 0 Å². The summed E-state index contributed by atoms with van der Waals surface area (Å²) >= 11 is 0. The van der Waals surface area contributed by atoms with Gasteiger partial charge in [-0.15, -0.1) is 0 Å². The third-order valence-electron chi connectivity index (χ3n) is 3.29. The molecule has 12 heavy (non-hydrogen) atoms. The molecule has 0 aromatic rings. The molecule has 2 nitrogen and oxygen atoms in total. The standard InChI is InChI=1S/C10H21NO/c1-4-9(6-11-3)10(5-2)7-12-8-10/h9,11H,4-8H2,1-3H3. The van der Waals surface area contributed by atoms with Gasteiger partial charge < -0.3 is 10.1 Å². The van der Waals surface area contributed by atoms with Gasteiger partial charge in [0.15, 0.2) is 0 Å². The molecule has 1 atom stereocenters. The van der Waals surface area contributed by atoms with E-state index in [9.17, 15) is 0 Å². The van der Waals surface area contributed by atoms with Crippen molar-refractivity contribution in [1.29, 1.82) is 0 Å². The lowest BCUT2D eigenvalue weighted by Gasteiger charge is -2.46. The lowest BCUT2D eigenvalue weighted by Crippen LogP contribution is -2.50. The second kappa shape index (κ2) is 4.24. The molecule has 0 bridgehead atoms. The predicted octanol–water partition coefficient (Wildman–Crippen LogP) is 1.66. The molecule has 0 aliphatic carbocycles. The first-order valence-corrected chi connectivity index (χ1v) is 5.01.